The van der Waals surface area contributed by atoms with E-state index in [1.165, 1.54) is 4.90 Å². The highest BCUT2D eigenvalue weighted by molar-refractivity contribution is 5.78. The van der Waals surface area contributed by atoms with E-state index in [1.807, 2.05) is 30.3 Å². The van der Waals surface area contributed by atoms with Gasteiger partial charge in [0.05, 0.1) is 6.04 Å². The first-order valence-corrected chi connectivity index (χ1v) is 7.62. The Bertz CT molecular complexity index is 577. The number of aliphatic hydroxyl groups is 2. The molecule has 0 aliphatic carbocycles. The van der Waals surface area contributed by atoms with Gasteiger partial charge in [-0.3, -0.25) is 0 Å². The van der Waals surface area contributed by atoms with Crippen molar-refractivity contribution in [2.45, 2.75) is 43.8 Å². The number of hydrogen-bond acceptors (Lipinski definition) is 6. The molecule has 0 spiro atoms. The summed E-state index contributed by atoms with van der Waals surface area (Å²) >= 11 is 0. The molecule has 2 heterocycles. The van der Waals surface area contributed by atoms with E-state index < -0.39 is 36.4 Å². The van der Waals surface area contributed by atoms with Crippen molar-refractivity contribution in [3.8, 4) is 0 Å². The van der Waals surface area contributed by atoms with Crippen molar-refractivity contribution in [3.63, 3.8) is 0 Å². The van der Waals surface area contributed by atoms with Crippen molar-refractivity contribution in [2.75, 3.05) is 6.54 Å². The summed E-state index contributed by atoms with van der Waals surface area (Å²) in [5, 5.41) is 19.4. The van der Waals surface area contributed by atoms with Gasteiger partial charge in [0.1, 0.15) is 12.7 Å². The molecule has 7 nitrogen and oxygen atoms in total. The van der Waals surface area contributed by atoms with E-state index in [0.717, 1.165) is 12.0 Å². The lowest BCUT2D eigenvalue weighted by Gasteiger charge is -2.29. The number of likely N-dealkylation sites (tertiary alicyclic amines) is 1. The zero-order valence-electron chi connectivity index (χ0n) is 12.5. The van der Waals surface area contributed by atoms with E-state index in [2.05, 4.69) is 0 Å². The van der Waals surface area contributed by atoms with Gasteiger partial charge in [-0.25, -0.2) is 9.59 Å². The average Bonchev–Trinajstić information content (AvgIpc) is 3.14. The third kappa shape index (κ3) is 3.16. The summed E-state index contributed by atoms with van der Waals surface area (Å²) in [6, 6.07) is 8.83. The Morgan fingerprint density at radius 1 is 1.30 bits per heavy atom. The number of hydrogen-bond donors (Lipinski definition) is 2. The molecule has 0 aromatic heterocycles. The summed E-state index contributed by atoms with van der Waals surface area (Å²) in [6.45, 7) is 0.619. The second-order valence-electron chi connectivity index (χ2n) is 5.78. The van der Waals surface area contributed by atoms with Gasteiger partial charge in [-0.1, -0.05) is 30.3 Å². The maximum absolute atomic E-state index is 12.3. The molecule has 0 saturated carbocycles. The van der Waals surface area contributed by atoms with Crippen LogP contribution in [0.1, 0.15) is 18.4 Å². The number of aliphatic hydroxyl groups excluding tert-OH is 2. The summed E-state index contributed by atoms with van der Waals surface area (Å²) in [7, 11) is 0. The van der Waals surface area contributed by atoms with E-state index in [4.69, 9.17) is 9.47 Å². The molecule has 124 valence electrons. The normalized spacial score (nSPS) is 30.3. The standard InChI is InChI=1S/C16H19NO6/c18-12-13(19)15(20)23-14(12)11-7-4-8-17(11)16(21)22-9-10-5-2-1-3-6-10/h1-3,5-6,11-14,18-19H,4,7-9H2/t11-,12-,13+,14+/m1/s1. The Hall–Kier alpha value is -2.12. The third-order valence-corrected chi connectivity index (χ3v) is 4.27. The summed E-state index contributed by atoms with van der Waals surface area (Å²) in [4.78, 5) is 25.1. The molecule has 0 unspecified atom stereocenters. The number of cyclic esters (lactones) is 1. The van der Waals surface area contributed by atoms with Crippen molar-refractivity contribution in [3.05, 3.63) is 35.9 Å². The zero-order chi connectivity index (χ0) is 16.4. The van der Waals surface area contributed by atoms with Crippen molar-refractivity contribution in [1.29, 1.82) is 0 Å². The molecule has 2 fully saturated rings. The second kappa shape index (κ2) is 6.55. The number of amides is 1. The molecule has 2 N–H and O–H groups in total. The fourth-order valence-electron chi connectivity index (χ4n) is 3.06. The van der Waals surface area contributed by atoms with Crippen LogP contribution in [-0.4, -0.2) is 58.1 Å². The Labute approximate surface area is 133 Å². The largest absolute Gasteiger partial charge is 0.455 e. The van der Waals surface area contributed by atoms with Crippen molar-refractivity contribution >= 4 is 12.1 Å². The van der Waals surface area contributed by atoms with Crippen LogP contribution in [0.4, 0.5) is 4.79 Å². The van der Waals surface area contributed by atoms with Gasteiger partial charge in [-0.2, -0.15) is 0 Å². The van der Waals surface area contributed by atoms with Gasteiger partial charge in [0.15, 0.2) is 12.2 Å². The maximum atomic E-state index is 12.3. The Balaban J connectivity index is 1.62. The van der Waals surface area contributed by atoms with Crippen LogP contribution in [-0.2, 0) is 20.9 Å². The molecule has 2 aliphatic heterocycles. The first-order chi connectivity index (χ1) is 11.1. The summed E-state index contributed by atoms with van der Waals surface area (Å²) in [6.07, 6.45) is -2.99. The average molecular weight is 321 g/mol. The predicted molar refractivity (Wildman–Crippen MR) is 78.2 cm³/mol. The molecule has 7 heteroatoms. The minimum Gasteiger partial charge on any atom is -0.455 e. The zero-order valence-corrected chi connectivity index (χ0v) is 12.5. The van der Waals surface area contributed by atoms with Gasteiger partial charge < -0.3 is 24.6 Å². The predicted octanol–water partition coefficient (Wildman–Crippen LogP) is 0.435. The molecule has 2 saturated heterocycles. The second-order valence-corrected chi connectivity index (χ2v) is 5.78. The molecule has 1 aromatic rings. The summed E-state index contributed by atoms with van der Waals surface area (Å²) < 4.78 is 10.3. The lowest BCUT2D eigenvalue weighted by atomic mass is 10.0. The molecule has 1 amide bonds. The van der Waals surface area contributed by atoms with E-state index in [1.54, 1.807) is 0 Å². The van der Waals surface area contributed by atoms with Crippen LogP contribution in [0.5, 0.6) is 0 Å². The Kier molecular flexibility index (Phi) is 4.49. The van der Waals surface area contributed by atoms with Crippen LogP contribution in [0.15, 0.2) is 30.3 Å². The molecular formula is C16H19NO6. The monoisotopic (exact) mass is 321 g/mol. The van der Waals surface area contributed by atoms with Gasteiger partial charge >= 0.3 is 12.1 Å². The van der Waals surface area contributed by atoms with Crippen LogP contribution in [0.3, 0.4) is 0 Å². The van der Waals surface area contributed by atoms with Crippen LogP contribution < -0.4 is 0 Å². The number of rotatable bonds is 3. The summed E-state index contributed by atoms with van der Waals surface area (Å²) in [5.41, 5.74) is 0.874. The van der Waals surface area contributed by atoms with Crippen LogP contribution in [0.2, 0.25) is 0 Å². The van der Waals surface area contributed by atoms with Crippen LogP contribution in [0.25, 0.3) is 0 Å². The Morgan fingerprint density at radius 3 is 2.70 bits per heavy atom. The molecule has 1 aromatic carbocycles. The fraction of sp³-hybridized carbons (Fsp3) is 0.500. The van der Waals surface area contributed by atoms with E-state index in [9.17, 15) is 19.8 Å². The SMILES string of the molecule is O=C1O[C@@H]([C@H]2CCCN2C(=O)OCc2ccccc2)[C@H](O)[C@@H]1O. The lowest BCUT2D eigenvalue weighted by molar-refractivity contribution is -0.148. The molecule has 0 radical (unpaired) electrons. The fourth-order valence-corrected chi connectivity index (χ4v) is 3.06. The smallest absolute Gasteiger partial charge is 0.410 e. The first kappa shape index (κ1) is 15.8. The quantitative estimate of drug-likeness (QED) is 0.784. The van der Waals surface area contributed by atoms with Crippen molar-refractivity contribution in [2.24, 2.45) is 0 Å². The number of carbonyl (C=O) groups excluding carboxylic acids is 2. The van der Waals surface area contributed by atoms with Crippen molar-refractivity contribution < 1.29 is 29.3 Å². The first-order valence-electron chi connectivity index (χ1n) is 7.62. The topological polar surface area (TPSA) is 96.3 Å². The third-order valence-electron chi connectivity index (χ3n) is 4.27. The molecule has 4 atom stereocenters. The summed E-state index contributed by atoms with van der Waals surface area (Å²) in [5.74, 6) is -0.855. The van der Waals surface area contributed by atoms with Crippen molar-refractivity contribution in [1.82, 2.24) is 4.90 Å². The van der Waals surface area contributed by atoms with E-state index in [0.29, 0.717) is 13.0 Å². The van der Waals surface area contributed by atoms with Gasteiger partial charge in [0, 0.05) is 6.54 Å². The molecule has 3 rings (SSSR count). The van der Waals surface area contributed by atoms with Gasteiger partial charge in [-0.05, 0) is 18.4 Å². The van der Waals surface area contributed by atoms with Crippen LogP contribution >= 0.6 is 0 Å². The highest BCUT2D eigenvalue weighted by atomic mass is 16.6. The lowest BCUT2D eigenvalue weighted by Crippen LogP contribution is -2.48. The van der Waals surface area contributed by atoms with E-state index >= 15 is 0 Å². The molecule has 0 bridgehead atoms. The van der Waals surface area contributed by atoms with Crippen LogP contribution in [0, 0.1) is 0 Å². The molecular weight excluding hydrogens is 302 g/mol. The minimum atomic E-state index is -1.55. The number of nitrogens with zero attached hydrogens (tertiary/aromatic N) is 1. The van der Waals surface area contributed by atoms with E-state index in [-0.39, 0.29) is 6.61 Å². The van der Waals surface area contributed by atoms with Gasteiger partial charge in [0.2, 0.25) is 0 Å². The maximum Gasteiger partial charge on any atom is 0.410 e. The number of benzene rings is 1. The van der Waals surface area contributed by atoms with Gasteiger partial charge in [-0.15, -0.1) is 0 Å². The Morgan fingerprint density at radius 2 is 2.04 bits per heavy atom. The minimum absolute atomic E-state index is 0.151. The molecule has 2 aliphatic rings. The number of ether oxygens (including phenoxy) is 2. The molecule has 23 heavy (non-hydrogen) atoms. The number of esters is 1. The van der Waals surface area contributed by atoms with Gasteiger partial charge in [0.25, 0.3) is 0 Å². The number of carbonyl (C=O) groups is 2. The highest BCUT2D eigenvalue weighted by Gasteiger charge is 2.50. The highest BCUT2D eigenvalue weighted by Crippen LogP contribution is 2.29.